The largest absolute Gasteiger partial charge is 0.243 e. The van der Waals surface area contributed by atoms with Crippen molar-refractivity contribution in [1.82, 2.24) is 4.98 Å². The molecule has 4 heteroatoms. The fourth-order valence-electron chi connectivity index (χ4n) is 0.745. The third-order valence-corrected chi connectivity index (χ3v) is 2.06. The number of rotatable bonds is 1. The average molecular weight is 175 g/mol. The summed E-state index contributed by atoms with van der Waals surface area (Å²) < 4.78 is 0. The topological polar surface area (TPSA) is 60.5 Å². The molecule has 1 heterocycles. The van der Waals surface area contributed by atoms with Crippen molar-refractivity contribution in [3.8, 4) is 12.1 Å². The van der Waals surface area contributed by atoms with Crippen molar-refractivity contribution in [2.24, 2.45) is 0 Å². The second-order valence-corrected chi connectivity index (χ2v) is 2.85. The number of nitrogens with zero attached hydrogens (tertiary/aromatic N) is 3. The SMILES string of the molecule is CSc1cc(C#N)cnc1C#N. The van der Waals surface area contributed by atoms with Gasteiger partial charge in [-0.1, -0.05) is 0 Å². The van der Waals surface area contributed by atoms with Crippen LogP contribution >= 0.6 is 11.8 Å². The minimum absolute atomic E-state index is 0.376. The summed E-state index contributed by atoms with van der Waals surface area (Å²) in [4.78, 5) is 4.58. The van der Waals surface area contributed by atoms with Gasteiger partial charge in [0, 0.05) is 11.1 Å². The van der Waals surface area contributed by atoms with Crippen LogP contribution in [0.25, 0.3) is 0 Å². The predicted octanol–water partition coefficient (Wildman–Crippen LogP) is 1.55. The lowest BCUT2D eigenvalue weighted by atomic mass is 10.3. The number of nitriles is 2. The fourth-order valence-corrected chi connectivity index (χ4v) is 1.28. The number of pyridine rings is 1. The summed E-state index contributed by atoms with van der Waals surface area (Å²) in [7, 11) is 0. The third kappa shape index (κ3) is 1.55. The van der Waals surface area contributed by atoms with Crippen molar-refractivity contribution < 1.29 is 0 Å². The van der Waals surface area contributed by atoms with Gasteiger partial charge in [-0.15, -0.1) is 11.8 Å². The smallest absolute Gasteiger partial charge is 0.154 e. The number of hydrogen-bond acceptors (Lipinski definition) is 4. The van der Waals surface area contributed by atoms with Gasteiger partial charge in [0.15, 0.2) is 5.69 Å². The Hall–Kier alpha value is -1.52. The molecule has 0 unspecified atom stereocenters. The molecule has 0 spiro atoms. The lowest BCUT2D eigenvalue weighted by Gasteiger charge is -1.97. The maximum absolute atomic E-state index is 8.60. The molecule has 0 saturated carbocycles. The molecular formula is C8H5N3S. The van der Waals surface area contributed by atoms with Crippen molar-refractivity contribution >= 4 is 11.8 Å². The first kappa shape index (κ1) is 8.58. The molecule has 0 aliphatic rings. The van der Waals surface area contributed by atoms with Gasteiger partial charge in [0.05, 0.1) is 5.56 Å². The van der Waals surface area contributed by atoms with E-state index in [1.807, 2.05) is 18.4 Å². The Labute approximate surface area is 74.7 Å². The van der Waals surface area contributed by atoms with Gasteiger partial charge in [-0.2, -0.15) is 10.5 Å². The van der Waals surface area contributed by atoms with Crippen LogP contribution in [0.4, 0.5) is 0 Å². The van der Waals surface area contributed by atoms with Gasteiger partial charge < -0.3 is 0 Å². The molecule has 58 valence electrons. The Bertz CT molecular complexity index is 373. The zero-order valence-electron chi connectivity index (χ0n) is 6.40. The molecule has 12 heavy (non-hydrogen) atoms. The number of thioether (sulfide) groups is 1. The first-order valence-electron chi connectivity index (χ1n) is 3.16. The maximum Gasteiger partial charge on any atom is 0.154 e. The molecule has 0 aromatic carbocycles. The van der Waals surface area contributed by atoms with Crippen LogP contribution in [-0.2, 0) is 0 Å². The predicted molar refractivity (Wildman–Crippen MR) is 45.4 cm³/mol. The van der Waals surface area contributed by atoms with Crippen LogP contribution < -0.4 is 0 Å². The summed E-state index contributed by atoms with van der Waals surface area (Å²) >= 11 is 1.41. The maximum atomic E-state index is 8.60. The molecule has 1 aromatic heterocycles. The van der Waals surface area contributed by atoms with Crippen LogP contribution in [0.5, 0.6) is 0 Å². The fraction of sp³-hybridized carbons (Fsp3) is 0.125. The summed E-state index contributed by atoms with van der Waals surface area (Å²) in [6, 6.07) is 5.59. The van der Waals surface area contributed by atoms with E-state index in [1.165, 1.54) is 18.0 Å². The van der Waals surface area contributed by atoms with E-state index in [9.17, 15) is 0 Å². The van der Waals surface area contributed by atoms with Crippen LogP contribution in [0.1, 0.15) is 11.3 Å². The second kappa shape index (κ2) is 3.75. The van der Waals surface area contributed by atoms with E-state index in [-0.39, 0.29) is 0 Å². The summed E-state index contributed by atoms with van der Waals surface area (Å²) in [6.45, 7) is 0. The van der Waals surface area contributed by atoms with Gasteiger partial charge in [0.2, 0.25) is 0 Å². The van der Waals surface area contributed by atoms with Crippen LogP contribution in [0.15, 0.2) is 17.2 Å². The normalized spacial score (nSPS) is 8.58. The Kier molecular flexibility index (Phi) is 2.68. The highest BCUT2D eigenvalue weighted by atomic mass is 32.2. The van der Waals surface area contributed by atoms with E-state index in [0.29, 0.717) is 11.3 Å². The molecule has 0 fully saturated rings. The Morgan fingerprint density at radius 2 is 2.17 bits per heavy atom. The Balaban J connectivity index is 3.24. The second-order valence-electron chi connectivity index (χ2n) is 2.00. The summed E-state index contributed by atoms with van der Waals surface area (Å²) in [5.74, 6) is 0. The zero-order valence-corrected chi connectivity index (χ0v) is 7.22. The van der Waals surface area contributed by atoms with E-state index in [2.05, 4.69) is 4.98 Å². The summed E-state index contributed by atoms with van der Waals surface area (Å²) in [5.41, 5.74) is 0.861. The zero-order chi connectivity index (χ0) is 8.97. The molecular weight excluding hydrogens is 170 g/mol. The summed E-state index contributed by atoms with van der Waals surface area (Å²) in [6.07, 6.45) is 3.25. The van der Waals surface area contributed by atoms with E-state index in [4.69, 9.17) is 10.5 Å². The molecule has 0 radical (unpaired) electrons. The van der Waals surface area contributed by atoms with Gasteiger partial charge in [0.25, 0.3) is 0 Å². The lowest BCUT2D eigenvalue weighted by molar-refractivity contribution is 1.16. The van der Waals surface area contributed by atoms with E-state index < -0.39 is 0 Å². The molecule has 1 aromatic rings. The van der Waals surface area contributed by atoms with Gasteiger partial charge in [0.1, 0.15) is 12.1 Å². The molecule has 1 rings (SSSR count). The first-order chi connectivity index (χ1) is 5.81. The molecule has 0 aliphatic carbocycles. The van der Waals surface area contributed by atoms with Crippen LogP contribution in [0.2, 0.25) is 0 Å². The van der Waals surface area contributed by atoms with Gasteiger partial charge in [-0.25, -0.2) is 4.98 Å². The molecule has 0 saturated heterocycles. The molecule has 0 bridgehead atoms. The van der Waals surface area contributed by atoms with Crippen molar-refractivity contribution in [3.05, 3.63) is 23.5 Å². The molecule has 0 amide bonds. The van der Waals surface area contributed by atoms with Crippen LogP contribution in [0.3, 0.4) is 0 Å². The van der Waals surface area contributed by atoms with Gasteiger partial charge in [-0.3, -0.25) is 0 Å². The quantitative estimate of drug-likeness (QED) is 0.607. The standard InChI is InChI=1S/C8H5N3S/c1-12-8-2-6(3-9)5-11-7(8)4-10/h2,5H,1H3. The highest BCUT2D eigenvalue weighted by molar-refractivity contribution is 7.98. The van der Waals surface area contributed by atoms with Crippen molar-refractivity contribution in [2.75, 3.05) is 6.26 Å². The number of hydrogen-bond donors (Lipinski definition) is 0. The van der Waals surface area contributed by atoms with Crippen molar-refractivity contribution in [1.29, 1.82) is 10.5 Å². The number of aromatic nitrogens is 1. The van der Waals surface area contributed by atoms with Gasteiger partial charge in [-0.05, 0) is 12.3 Å². The Morgan fingerprint density at radius 3 is 2.67 bits per heavy atom. The highest BCUT2D eigenvalue weighted by Crippen LogP contribution is 2.18. The molecule has 0 atom stereocenters. The molecule has 0 N–H and O–H groups in total. The van der Waals surface area contributed by atoms with E-state index in [1.54, 1.807) is 6.07 Å². The average Bonchev–Trinajstić information content (AvgIpc) is 2.16. The third-order valence-electron chi connectivity index (χ3n) is 1.31. The highest BCUT2D eigenvalue weighted by Gasteiger charge is 2.02. The molecule has 0 aliphatic heterocycles. The Morgan fingerprint density at radius 1 is 1.42 bits per heavy atom. The minimum atomic E-state index is 0.376. The van der Waals surface area contributed by atoms with Crippen molar-refractivity contribution in [3.63, 3.8) is 0 Å². The van der Waals surface area contributed by atoms with Crippen LogP contribution in [0, 0.1) is 22.7 Å². The first-order valence-corrected chi connectivity index (χ1v) is 4.38. The monoisotopic (exact) mass is 175 g/mol. The van der Waals surface area contributed by atoms with E-state index in [0.717, 1.165) is 4.90 Å². The summed E-state index contributed by atoms with van der Waals surface area (Å²) in [5, 5.41) is 17.1. The van der Waals surface area contributed by atoms with Crippen molar-refractivity contribution in [2.45, 2.75) is 4.90 Å². The minimum Gasteiger partial charge on any atom is -0.243 e. The van der Waals surface area contributed by atoms with Crippen LogP contribution in [-0.4, -0.2) is 11.2 Å². The van der Waals surface area contributed by atoms with E-state index >= 15 is 0 Å². The molecule has 3 nitrogen and oxygen atoms in total. The lowest BCUT2D eigenvalue weighted by Crippen LogP contribution is -1.87. The van der Waals surface area contributed by atoms with Gasteiger partial charge >= 0.3 is 0 Å².